The summed E-state index contributed by atoms with van der Waals surface area (Å²) in [7, 11) is 0. The van der Waals surface area contributed by atoms with Crippen molar-refractivity contribution >= 4 is 11.3 Å². The van der Waals surface area contributed by atoms with Crippen LogP contribution in [0.5, 0.6) is 0 Å². The molecule has 0 saturated carbocycles. The van der Waals surface area contributed by atoms with Crippen LogP contribution < -0.4 is 5.73 Å². The molecule has 0 bridgehead atoms. The molecule has 1 aliphatic rings. The molecule has 0 radical (unpaired) electrons. The van der Waals surface area contributed by atoms with Gasteiger partial charge in [-0.3, -0.25) is 4.90 Å². The average Bonchev–Trinajstić information content (AvgIpc) is 2.82. The molecule has 2 heterocycles. The number of hydrogen-bond acceptors (Lipinski definition) is 5. The van der Waals surface area contributed by atoms with Crippen LogP contribution >= 0.6 is 11.3 Å². The molecule has 1 atom stereocenters. The third-order valence-electron chi connectivity index (χ3n) is 3.57. The zero-order chi connectivity index (χ0) is 13.8. The highest BCUT2D eigenvalue weighted by Gasteiger charge is 2.26. The molecule has 108 valence electrons. The molecule has 1 fully saturated rings. The maximum absolute atomic E-state index is 5.90. The van der Waals surface area contributed by atoms with Gasteiger partial charge in [-0.05, 0) is 20.3 Å². The van der Waals surface area contributed by atoms with E-state index in [1.54, 1.807) is 11.3 Å². The van der Waals surface area contributed by atoms with Crippen molar-refractivity contribution in [3.05, 3.63) is 15.6 Å². The van der Waals surface area contributed by atoms with Crippen molar-refractivity contribution in [1.29, 1.82) is 0 Å². The summed E-state index contributed by atoms with van der Waals surface area (Å²) in [6, 6.07) is 0.565. The van der Waals surface area contributed by atoms with Gasteiger partial charge in [-0.2, -0.15) is 0 Å². The van der Waals surface area contributed by atoms with Crippen LogP contribution in [0.25, 0.3) is 0 Å². The topological polar surface area (TPSA) is 51.4 Å². The fourth-order valence-corrected chi connectivity index (χ4v) is 3.45. The second-order valence-electron chi connectivity index (χ2n) is 5.32. The van der Waals surface area contributed by atoms with Gasteiger partial charge in [0.05, 0.1) is 12.3 Å². The lowest BCUT2D eigenvalue weighted by molar-refractivity contribution is -0.0403. The Morgan fingerprint density at radius 2 is 2.32 bits per heavy atom. The van der Waals surface area contributed by atoms with Crippen molar-refractivity contribution < 1.29 is 4.74 Å². The fourth-order valence-electron chi connectivity index (χ4n) is 2.42. The van der Waals surface area contributed by atoms with E-state index in [1.165, 1.54) is 10.6 Å². The zero-order valence-electron chi connectivity index (χ0n) is 12.2. The van der Waals surface area contributed by atoms with E-state index in [1.807, 2.05) is 0 Å². The van der Waals surface area contributed by atoms with Gasteiger partial charge in [0.1, 0.15) is 11.1 Å². The lowest BCUT2D eigenvalue weighted by atomic mass is 10.2. The molecule has 1 saturated heterocycles. The molecular weight excluding hydrogens is 258 g/mol. The van der Waals surface area contributed by atoms with Gasteiger partial charge >= 0.3 is 0 Å². The lowest BCUT2D eigenvalue weighted by Crippen LogP contribution is -2.42. The zero-order valence-corrected chi connectivity index (χ0v) is 13.0. The van der Waals surface area contributed by atoms with Crippen LogP contribution in [-0.4, -0.2) is 35.6 Å². The highest BCUT2D eigenvalue weighted by molar-refractivity contribution is 7.11. The monoisotopic (exact) mass is 283 g/mol. The Hall–Kier alpha value is -0.490. The molecule has 5 heteroatoms. The van der Waals surface area contributed by atoms with E-state index >= 15 is 0 Å². The highest BCUT2D eigenvalue weighted by atomic mass is 32.1. The number of aryl methyl sites for hydroxylation is 1. The maximum Gasteiger partial charge on any atom is 0.123 e. The molecule has 1 aliphatic heterocycles. The Labute approximate surface area is 120 Å². The Kier molecular flexibility index (Phi) is 5.33. The van der Waals surface area contributed by atoms with Gasteiger partial charge < -0.3 is 10.5 Å². The summed E-state index contributed by atoms with van der Waals surface area (Å²) in [5.74, 6) is 0. The van der Waals surface area contributed by atoms with Gasteiger partial charge in [-0.1, -0.05) is 13.3 Å². The van der Waals surface area contributed by atoms with Gasteiger partial charge in [0.2, 0.25) is 0 Å². The molecule has 2 N–H and O–H groups in total. The smallest absolute Gasteiger partial charge is 0.123 e. The van der Waals surface area contributed by atoms with Crippen LogP contribution in [0.4, 0.5) is 0 Å². The van der Waals surface area contributed by atoms with Crippen molar-refractivity contribution in [3.8, 4) is 0 Å². The third-order valence-corrected chi connectivity index (χ3v) is 4.78. The largest absolute Gasteiger partial charge is 0.368 e. The summed E-state index contributed by atoms with van der Waals surface area (Å²) in [5, 5.41) is 1.11. The second kappa shape index (κ2) is 6.79. The summed E-state index contributed by atoms with van der Waals surface area (Å²) in [4.78, 5) is 8.45. The van der Waals surface area contributed by atoms with Crippen LogP contribution in [0.2, 0.25) is 0 Å². The number of ether oxygens (including phenoxy) is 1. The van der Waals surface area contributed by atoms with Crippen LogP contribution in [-0.2, 0) is 17.7 Å². The first-order valence-corrected chi connectivity index (χ1v) is 8.01. The van der Waals surface area contributed by atoms with E-state index in [0.717, 1.165) is 37.5 Å². The molecule has 1 aromatic heterocycles. The number of nitrogens with zero attached hydrogens (tertiary/aromatic N) is 2. The summed E-state index contributed by atoms with van der Waals surface area (Å²) >= 11 is 1.73. The van der Waals surface area contributed by atoms with E-state index in [-0.39, 0.29) is 6.10 Å². The van der Waals surface area contributed by atoms with Crippen molar-refractivity contribution in [2.24, 2.45) is 5.73 Å². The Bertz CT molecular complexity index is 405. The van der Waals surface area contributed by atoms with Crippen LogP contribution in [0, 0.1) is 0 Å². The van der Waals surface area contributed by atoms with Crippen LogP contribution in [0.15, 0.2) is 0 Å². The number of rotatable bonds is 5. The number of morpholine rings is 1. The highest BCUT2D eigenvalue weighted by Crippen LogP contribution is 2.29. The third kappa shape index (κ3) is 3.54. The Morgan fingerprint density at radius 1 is 1.53 bits per heavy atom. The van der Waals surface area contributed by atoms with Crippen molar-refractivity contribution in [1.82, 2.24) is 9.88 Å². The summed E-state index contributed by atoms with van der Waals surface area (Å²) in [6.07, 6.45) is 2.25. The molecule has 19 heavy (non-hydrogen) atoms. The van der Waals surface area contributed by atoms with E-state index in [0.29, 0.717) is 12.6 Å². The summed E-state index contributed by atoms with van der Waals surface area (Å²) in [6.45, 7) is 10.00. The quantitative estimate of drug-likeness (QED) is 0.901. The number of thiazole rings is 1. The summed E-state index contributed by atoms with van der Waals surface area (Å²) < 4.78 is 5.90. The minimum Gasteiger partial charge on any atom is -0.368 e. The molecule has 4 nitrogen and oxygen atoms in total. The average molecular weight is 283 g/mol. The maximum atomic E-state index is 5.90. The molecular formula is C14H25N3OS. The van der Waals surface area contributed by atoms with E-state index in [2.05, 4.69) is 25.7 Å². The minimum absolute atomic E-state index is 0.122. The lowest BCUT2D eigenvalue weighted by Gasteiger charge is -2.34. The standard InChI is InChI=1S/C14H25N3OS/c1-4-5-11-13(8-15)19-14(16-11)12-9-17(10(2)3)6-7-18-12/h10,12H,4-9,15H2,1-3H3. The predicted molar refractivity (Wildman–Crippen MR) is 79.4 cm³/mol. The van der Waals surface area contributed by atoms with Gasteiger partial charge in [0, 0.05) is 30.6 Å². The van der Waals surface area contributed by atoms with Crippen molar-refractivity contribution in [3.63, 3.8) is 0 Å². The molecule has 0 amide bonds. The van der Waals surface area contributed by atoms with E-state index in [9.17, 15) is 0 Å². The fraction of sp³-hybridized carbons (Fsp3) is 0.786. The second-order valence-corrected chi connectivity index (χ2v) is 6.44. The number of nitrogens with two attached hydrogens (primary N) is 1. The number of hydrogen-bond donors (Lipinski definition) is 1. The van der Waals surface area contributed by atoms with Gasteiger partial charge in [-0.25, -0.2) is 4.98 Å². The summed E-state index contributed by atoms with van der Waals surface area (Å²) in [5.41, 5.74) is 6.99. The molecule has 1 unspecified atom stereocenters. The minimum atomic E-state index is 0.122. The first kappa shape index (κ1) is 14.9. The van der Waals surface area contributed by atoms with Crippen LogP contribution in [0.3, 0.4) is 0 Å². The van der Waals surface area contributed by atoms with Crippen LogP contribution in [0.1, 0.15) is 48.9 Å². The van der Waals surface area contributed by atoms with Crippen molar-refractivity contribution in [2.45, 2.75) is 52.3 Å². The molecule has 2 rings (SSSR count). The Balaban J connectivity index is 2.12. The number of aromatic nitrogens is 1. The molecule has 0 aromatic carbocycles. The molecule has 1 aromatic rings. The SMILES string of the molecule is CCCc1nc(C2CN(C(C)C)CCO2)sc1CN. The van der Waals surface area contributed by atoms with Crippen molar-refractivity contribution in [2.75, 3.05) is 19.7 Å². The molecule has 0 aliphatic carbocycles. The van der Waals surface area contributed by atoms with Gasteiger partial charge in [0.15, 0.2) is 0 Å². The van der Waals surface area contributed by atoms with E-state index in [4.69, 9.17) is 15.5 Å². The normalized spacial score (nSPS) is 21.2. The molecule has 0 spiro atoms. The Morgan fingerprint density at radius 3 is 2.95 bits per heavy atom. The first-order chi connectivity index (χ1) is 9.15. The first-order valence-electron chi connectivity index (χ1n) is 7.19. The predicted octanol–water partition coefficient (Wildman–Crippen LogP) is 2.34. The van der Waals surface area contributed by atoms with Gasteiger partial charge in [0.25, 0.3) is 0 Å². The van der Waals surface area contributed by atoms with E-state index < -0.39 is 0 Å². The van der Waals surface area contributed by atoms with Gasteiger partial charge in [-0.15, -0.1) is 11.3 Å².